The molecule has 0 aliphatic carbocycles. The molecule has 0 bridgehead atoms. The van der Waals surface area contributed by atoms with Gasteiger partial charge in [0.25, 0.3) is 0 Å². The van der Waals surface area contributed by atoms with Gasteiger partial charge in [-0.25, -0.2) is 0 Å². The van der Waals surface area contributed by atoms with Crippen LogP contribution in [0, 0.1) is 0 Å². The summed E-state index contributed by atoms with van der Waals surface area (Å²) >= 11 is 0. The zero-order chi connectivity index (χ0) is 62.8. The normalized spacial score (nSPS) is 12.5. The number of ether oxygens (including phenoxy) is 1. The molecule has 0 aliphatic heterocycles. The van der Waals surface area contributed by atoms with Gasteiger partial charge in [-0.3, -0.25) is 9.59 Å². The van der Waals surface area contributed by atoms with E-state index in [0.29, 0.717) is 25.9 Å². The minimum Gasteiger partial charge on any atom is -0.466 e. The topological polar surface area (TPSA) is 95.9 Å². The molecule has 518 valence electrons. The summed E-state index contributed by atoms with van der Waals surface area (Å²) in [6.07, 6.45) is 97.5. The van der Waals surface area contributed by atoms with Crippen LogP contribution in [-0.4, -0.2) is 47.4 Å². The Bertz CT molecular complexity index is 1320. The molecule has 1 amide bonds. The van der Waals surface area contributed by atoms with Crippen LogP contribution in [0.3, 0.4) is 0 Å². The predicted octanol–water partition coefficient (Wildman–Crippen LogP) is 26.7. The Hall–Kier alpha value is -1.40. The summed E-state index contributed by atoms with van der Waals surface area (Å²) in [5.74, 6) is -0.00916. The summed E-state index contributed by atoms with van der Waals surface area (Å²) in [4.78, 5) is 24.6. The number of carbonyl (C=O) groups excluding carboxylic acids is 2. The summed E-state index contributed by atoms with van der Waals surface area (Å²) < 4.78 is 5.48. The molecule has 6 heteroatoms. The van der Waals surface area contributed by atoms with Crippen LogP contribution in [0.25, 0.3) is 0 Å². The second kappa shape index (κ2) is 77.1. The Kier molecular flexibility index (Phi) is 75.8. The number of amides is 1. The van der Waals surface area contributed by atoms with Crippen LogP contribution < -0.4 is 5.32 Å². The van der Waals surface area contributed by atoms with Crippen LogP contribution in [0.4, 0.5) is 0 Å². The molecule has 0 saturated carbocycles. The van der Waals surface area contributed by atoms with Crippen molar-refractivity contribution in [3.05, 3.63) is 12.2 Å². The lowest BCUT2D eigenvalue weighted by molar-refractivity contribution is -0.143. The maximum atomic E-state index is 12.6. The van der Waals surface area contributed by atoms with Gasteiger partial charge in [-0.05, 0) is 51.4 Å². The van der Waals surface area contributed by atoms with Crippen LogP contribution in [0.5, 0.6) is 0 Å². The highest BCUT2D eigenvalue weighted by Crippen LogP contribution is 2.21. The van der Waals surface area contributed by atoms with E-state index in [1.54, 1.807) is 0 Å². The van der Waals surface area contributed by atoms with Gasteiger partial charge < -0.3 is 20.3 Å². The lowest BCUT2D eigenvalue weighted by Crippen LogP contribution is -2.45. The first-order chi connectivity index (χ1) is 43.0. The fraction of sp³-hybridized carbons (Fsp3) is 0.951. The first-order valence-electron chi connectivity index (χ1n) is 40.4. The lowest BCUT2D eigenvalue weighted by atomic mass is 10.0. The molecule has 0 aliphatic rings. The Morgan fingerprint density at radius 1 is 0.310 bits per heavy atom. The van der Waals surface area contributed by atoms with Crippen molar-refractivity contribution >= 4 is 11.9 Å². The van der Waals surface area contributed by atoms with Gasteiger partial charge in [-0.1, -0.05) is 418 Å². The number of esters is 1. The van der Waals surface area contributed by atoms with E-state index < -0.39 is 12.1 Å². The molecule has 2 atom stereocenters. The van der Waals surface area contributed by atoms with Crippen molar-refractivity contribution in [2.75, 3.05) is 13.2 Å². The smallest absolute Gasteiger partial charge is 0.305 e. The van der Waals surface area contributed by atoms with E-state index in [1.165, 1.54) is 392 Å². The van der Waals surface area contributed by atoms with Crippen LogP contribution in [-0.2, 0) is 14.3 Å². The van der Waals surface area contributed by atoms with E-state index in [9.17, 15) is 19.8 Å². The number of nitrogens with one attached hydrogen (secondary N) is 1. The van der Waals surface area contributed by atoms with E-state index in [1.807, 2.05) is 0 Å². The van der Waals surface area contributed by atoms with Gasteiger partial charge in [0.2, 0.25) is 5.91 Å². The highest BCUT2D eigenvalue weighted by atomic mass is 16.5. The molecule has 87 heavy (non-hydrogen) atoms. The quantitative estimate of drug-likeness (QED) is 0.0320. The zero-order valence-electron chi connectivity index (χ0n) is 59.5. The van der Waals surface area contributed by atoms with E-state index in [2.05, 4.69) is 31.3 Å². The third kappa shape index (κ3) is 73.5. The monoisotopic (exact) mass is 1230 g/mol. The summed E-state index contributed by atoms with van der Waals surface area (Å²) in [7, 11) is 0. The fourth-order valence-corrected chi connectivity index (χ4v) is 13.2. The summed E-state index contributed by atoms with van der Waals surface area (Å²) in [5.41, 5.74) is 0. The average Bonchev–Trinajstić information content (AvgIpc) is 3.52. The van der Waals surface area contributed by atoms with Crippen LogP contribution in [0.2, 0.25) is 0 Å². The second-order valence-corrected chi connectivity index (χ2v) is 28.1. The number of unbranched alkanes of at least 4 members (excludes halogenated alkanes) is 64. The molecule has 3 N–H and O–H groups in total. The Morgan fingerprint density at radius 3 is 0.839 bits per heavy atom. The second-order valence-electron chi connectivity index (χ2n) is 28.1. The largest absolute Gasteiger partial charge is 0.466 e. The highest BCUT2D eigenvalue weighted by molar-refractivity contribution is 5.76. The van der Waals surface area contributed by atoms with Crippen LogP contribution in [0.1, 0.15) is 470 Å². The van der Waals surface area contributed by atoms with Gasteiger partial charge in [0, 0.05) is 12.8 Å². The maximum absolute atomic E-state index is 12.6. The van der Waals surface area contributed by atoms with Crippen LogP contribution >= 0.6 is 0 Å². The lowest BCUT2D eigenvalue weighted by Gasteiger charge is -2.22. The number of allylic oxidation sites excluding steroid dienone is 2. The van der Waals surface area contributed by atoms with Crippen molar-refractivity contribution < 1.29 is 24.5 Å². The minimum atomic E-state index is -0.661. The zero-order valence-corrected chi connectivity index (χ0v) is 59.5. The molecule has 0 aromatic rings. The number of carbonyl (C=O) groups is 2. The van der Waals surface area contributed by atoms with E-state index in [4.69, 9.17) is 4.74 Å². The molecule has 0 fully saturated rings. The molecule has 2 unspecified atom stereocenters. The molecule has 0 aromatic heterocycles. The predicted molar refractivity (Wildman–Crippen MR) is 384 cm³/mol. The highest BCUT2D eigenvalue weighted by Gasteiger charge is 2.20. The summed E-state index contributed by atoms with van der Waals surface area (Å²) in [5, 5.41) is 23.5. The van der Waals surface area contributed by atoms with Crippen LogP contribution in [0.15, 0.2) is 12.2 Å². The number of aliphatic hydroxyl groups is 2. The Labute approximate surface area is 546 Å². The molecular weight excluding hydrogens is 1070 g/mol. The van der Waals surface area contributed by atoms with Crippen molar-refractivity contribution in [2.24, 2.45) is 0 Å². The standard InChI is InChI=1S/C81H159NO5/c1-3-5-7-9-11-13-15-17-18-19-20-38-41-44-47-50-53-57-61-65-69-73-79(84)78(77-83)82-80(85)74-70-66-62-58-54-51-48-45-42-39-36-34-32-30-28-26-24-22-21-23-25-27-29-31-33-35-37-40-43-46-49-52-56-60-64-68-72-76-87-81(86)75-71-67-63-59-55-16-14-12-10-8-6-4-2/h12,14,78-79,83-84H,3-11,13,15-77H2,1-2H3,(H,82,85)/b14-12-. The van der Waals surface area contributed by atoms with Gasteiger partial charge in [0.1, 0.15) is 0 Å². The minimum absolute atomic E-state index is 0.0143. The number of hydrogen-bond donors (Lipinski definition) is 3. The average molecular weight is 1230 g/mol. The molecule has 0 rings (SSSR count). The Balaban J connectivity index is 3.30. The van der Waals surface area contributed by atoms with E-state index in [0.717, 1.165) is 44.9 Å². The SMILES string of the molecule is CCCCC/C=C\CCCCCCCC(=O)OCCCCCCCCCCCCCCCCCCCCCCCCCCCCCCCCCCCCCCCC(=O)NC(CO)C(O)CCCCCCCCCCCCCCCCCCCCCCC. The fourth-order valence-electron chi connectivity index (χ4n) is 13.2. The van der Waals surface area contributed by atoms with Gasteiger partial charge in [0.15, 0.2) is 0 Å². The molecule has 0 spiro atoms. The van der Waals surface area contributed by atoms with Crippen molar-refractivity contribution in [2.45, 2.75) is 482 Å². The molecule has 0 heterocycles. The van der Waals surface area contributed by atoms with Gasteiger partial charge >= 0.3 is 5.97 Å². The van der Waals surface area contributed by atoms with Crippen molar-refractivity contribution in [3.63, 3.8) is 0 Å². The number of rotatable bonds is 77. The van der Waals surface area contributed by atoms with Gasteiger partial charge in [-0.2, -0.15) is 0 Å². The molecule has 0 saturated heterocycles. The van der Waals surface area contributed by atoms with E-state index in [-0.39, 0.29) is 18.5 Å². The molecule has 0 aromatic carbocycles. The van der Waals surface area contributed by atoms with Crippen molar-refractivity contribution in [1.82, 2.24) is 5.32 Å². The number of hydrogen-bond acceptors (Lipinski definition) is 5. The number of aliphatic hydroxyl groups excluding tert-OH is 2. The molecule has 0 radical (unpaired) electrons. The maximum Gasteiger partial charge on any atom is 0.305 e. The van der Waals surface area contributed by atoms with E-state index >= 15 is 0 Å². The summed E-state index contributed by atoms with van der Waals surface area (Å²) in [6, 6.07) is -0.537. The Morgan fingerprint density at radius 2 is 0.540 bits per heavy atom. The van der Waals surface area contributed by atoms with Gasteiger partial charge in [0.05, 0.1) is 25.4 Å². The summed E-state index contributed by atoms with van der Waals surface area (Å²) in [6.45, 7) is 4.98. The third-order valence-corrected chi connectivity index (χ3v) is 19.3. The first-order valence-corrected chi connectivity index (χ1v) is 40.4. The third-order valence-electron chi connectivity index (χ3n) is 19.3. The van der Waals surface area contributed by atoms with Crippen molar-refractivity contribution in [3.8, 4) is 0 Å². The first kappa shape index (κ1) is 85.6. The molecular formula is C81H159NO5. The molecule has 6 nitrogen and oxygen atoms in total. The van der Waals surface area contributed by atoms with Gasteiger partial charge in [-0.15, -0.1) is 0 Å². The van der Waals surface area contributed by atoms with Crippen molar-refractivity contribution in [1.29, 1.82) is 0 Å².